The molecule has 0 aromatic heterocycles. The topological polar surface area (TPSA) is 50.8 Å². The zero-order valence-corrected chi connectivity index (χ0v) is 13.9. The number of hydrogen-bond donors (Lipinski definition) is 1. The monoisotopic (exact) mass is 338 g/mol. The van der Waals surface area contributed by atoms with Gasteiger partial charge in [0.1, 0.15) is 6.61 Å². The molecular formula is C17H23ClN2O3. The van der Waals surface area contributed by atoms with Gasteiger partial charge in [0.15, 0.2) is 0 Å². The van der Waals surface area contributed by atoms with E-state index >= 15 is 0 Å². The molecule has 0 bridgehead atoms. The molecule has 2 unspecified atom stereocenters. The van der Waals surface area contributed by atoms with Gasteiger partial charge in [-0.15, -0.1) is 0 Å². The van der Waals surface area contributed by atoms with Gasteiger partial charge in [0.05, 0.1) is 19.3 Å². The van der Waals surface area contributed by atoms with Crippen molar-refractivity contribution in [2.24, 2.45) is 5.92 Å². The Balaban J connectivity index is 1.57. The van der Waals surface area contributed by atoms with Crippen molar-refractivity contribution in [3.8, 4) is 0 Å². The Kier molecular flexibility index (Phi) is 5.89. The molecule has 0 aliphatic carbocycles. The Morgan fingerprint density at radius 3 is 3.17 bits per heavy atom. The van der Waals surface area contributed by atoms with Crippen LogP contribution in [0.3, 0.4) is 0 Å². The SMILES string of the molecule is O=C(COCC1CCOC1)N1CCNCC1c1cccc(Cl)c1. The summed E-state index contributed by atoms with van der Waals surface area (Å²) < 4.78 is 10.9. The number of ether oxygens (including phenoxy) is 2. The maximum absolute atomic E-state index is 12.5. The highest BCUT2D eigenvalue weighted by Gasteiger charge is 2.28. The van der Waals surface area contributed by atoms with Crippen LogP contribution in [0.4, 0.5) is 0 Å². The summed E-state index contributed by atoms with van der Waals surface area (Å²) in [5.74, 6) is 0.463. The van der Waals surface area contributed by atoms with E-state index in [0.29, 0.717) is 24.1 Å². The highest BCUT2D eigenvalue weighted by atomic mass is 35.5. The van der Waals surface area contributed by atoms with E-state index in [-0.39, 0.29) is 18.6 Å². The van der Waals surface area contributed by atoms with Crippen molar-refractivity contribution in [3.63, 3.8) is 0 Å². The second kappa shape index (κ2) is 8.11. The lowest BCUT2D eigenvalue weighted by Crippen LogP contribution is -2.49. The summed E-state index contributed by atoms with van der Waals surface area (Å²) in [4.78, 5) is 14.4. The predicted octanol–water partition coefficient (Wildman–Crippen LogP) is 1.87. The third-order valence-corrected chi connectivity index (χ3v) is 4.64. The van der Waals surface area contributed by atoms with Crippen molar-refractivity contribution in [2.45, 2.75) is 12.5 Å². The van der Waals surface area contributed by atoms with E-state index in [0.717, 1.165) is 38.3 Å². The predicted molar refractivity (Wildman–Crippen MR) is 88.5 cm³/mol. The van der Waals surface area contributed by atoms with Crippen LogP contribution in [-0.4, -0.2) is 56.9 Å². The zero-order valence-electron chi connectivity index (χ0n) is 13.2. The first-order valence-electron chi connectivity index (χ1n) is 8.15. The van der Waals surface area contributed by atoms with E-state index in [2.05, 4.69) is 5.32 Å². The van der Waals surface area contributed by atoms with Crippen LogP contribution in [0.25, 0.3) is 0 Å². The smallest absolute Gasteiger partial charge is 0.249 e. The maximum atomic E-state index is 12.5. The molecule has 2 fully saturated rings. The molecule has 1 aromatic carbocycles. The Hall–Kier alpha value is -1.14. The standard InChI is InChI=1S/C17H23ClN2O3/c18-15-3-1-2-14(8-15)16-9-19-5-6-20(16)17(21)12-23-11-13-4-7-22-10-13/h1-3,8,13,16,19H,4-7,9-12H2. The lowest BCUT2D eigenvalue weighted by Gasteiger charge is -2.36. The highest BCUT2D eigenvalue weighted by molar-refractivity contribution is 6.30. The van der Waals surface area contributed by atoms with E-state index in [1.54, 1.807) is 0 Å². The molecule has 2 heterocycles. The molecule has 3 rings (SSSR count). The Morgan fingerprint density at radius 1 is 1.48 bits per heavy atom. The highest BCUT2D eigenvalue weighted by Crippen LogP contribution is 2.25. The number of amides is 1. The van der Waals surface area contributed by atoms with Gasteiger partial charge in [-0.1, -0.05) is 23.7 Å². The summed E-state index contributed by atoms with van der Waals surface area (Å²) in [6, 6.07) is 7.72. The molecule has 5 nitrogen and oxygen atoms in total. The van der Waals surface area contributed by atoms with Gasteiger partial charge in [0.25, 0.3) is 0 Å². The lowest BCUT2D eigenvalue weighted by atomic mass is 10.0. The Labute approximate surface area is 141 Å². The molecule has 1 amide bonds. The fourth-order valence-electron chi connectivity index (χ4n) is 3.13. The third-order valence-electron chi connectivity index (χ3n) is 4.40. The fourth-order valence-corrected chi connectivity index (χ4v) is 3.32. The van der Waals surface area contributed by atoms with Crippen LogP contribution in [-0.2, 0) is 14.3 Å². The van der Waals surface area contributed by atoms with Gasteiger partial charge in [-0.05, 0) is 24.1 Å². The van der Waals surface area contributed by atoms with Crippen LogP contribution in [0, 0.1) is 5.92 Å². The molecule has 0 radical (unpaired) electrons. The Bertz CT molecular complexity index is 534. The fraction of sp³-hybridized carbons (Fsp3) is 0.588. The van der Waals surface area contributed by atoms with Gasteiger partial charge >= 0.3 is 0 Å². The number of halogens is 1. The third kappa shape index (κ3) is 4.44. The number of carbonyl (C=O) groups is 1. The molecule has 6 heteroatoms. The summed E-state index contributed by atoms with van der Waals surface area (Å²) in [7, 11) is 0. The van der Waals surface area contributed by atoms with E-state index in [1.807, 2.05) is 29.2 Å². The summed E-state index contributed by atoms with van der Waals surface area (Å²) in [6.07, 6.45) is 1.02. The first-order chi connectivity index (χ1) is 11.2. The van der Waals surface area contributed by atoms with Crippen molar-refractivity contribution in [2.75, 3.05) is 46.1 Å². The average Bonchev–Trinajstić information content (AvgIpc) is 3.08. The van der Waals surface area contributed by atoms with Crippen molar-refractivity contribution in [3.05, 3.63) is 34.9 Å². The minimum absolute atomic E-state index is 0.00774. The van der Waals surface area contributed by atoms with E-state index in [1.165, 1.54) is 0 Å². The Morgan fingerprint density at radius 2 is 2.39 bits per heavy atom. The molecule has 23 heavy (non-hydrogen) atoms. The number of carbonyl (C=O) groups excluding carboxylic acids is 1. The molecule has 2 aliphatic rings. The number of hydrogen-bond acceptors (Lipinski definition) is 4. The number of piperazine rings is 1. The minimum atomic E-state index is 0.00774. The van der Waals surface area contributed by atoms with Crippen molar-refractivity contribution in [1.29, 1.82) is 0 Å². The molecular weight excluding hydrogens is 316 g/mol. The van der Waals surface area contributed by atoms with Crippen LogP contribution in [0.15, 0.2) is 24.3 Å². The lowest BCUT2D eigenvalue weighted by molar-refractivity contribution is -0.140. The minimum Gasteiger partial charge on any atom is -0.381 e. The summed E-state index contributed by atoms with van der Waals surface area (Å²) in [5.41, 5.74) is 1.06. The summed E-state index contributed by atoms with van der Waals surface area (Å²) in [6.45, 7) is 4.50. The number of nitrogens with one attached hydrogen (secondary N) is 1. The second-order valence-corrected chi connectivity index (χ2v) is 6.54. The van der Waals surface area contributed by atoms with Crippen molar-refractivity contribution >= 4 is 17.5 Å². The van der Waals surface area contributed by atoms with E-state index < -0.39 is 0 Å². The first kappa shape index (κ1) is 16.7. The molecule has 2 atom stereocenters. The van der Waals surface area contributed by atoms with Crippen LogP contribution >= 0.6 is 11.6 Å². The molecule has 2 aliphatic heterocycles. The second-order valence-electron chi connectivity index (χ2n) is 6.11. The summed E-state index contributed by atoms with van der Waals surface area (Å²) >= 11 is 6.09. The van der Waals surface area contributed by atoms with Gasteiger partial charge in [-0.2, -0.15) is 0 Å². The van der Waals surface area contributed by atoms with Crippen LogP contribution in [0.1, 0.15) is 18.0 Å². The number of nitrogens with zero attached hydrogens (tertiary/aromatic N) is 1. The molecule has 126 valence electrons. The van der Waals surface area contributed by atoms with Crippen molar-refractivity contribution < 1.29 is 14.3 Å². The zero-order chi connectivity index (χ0) is 16.1. The number of benzene rings is 1. The van der Waals surface area contributed by atoms with Gasteiger partial charge < -0.3 is 19.7 Å². The quantitative estimate of drug-likeness (QED) is 0.890. The molecule has 0 spiro atoms. The van der Waals surface area contributed by atoms with Crippen molar-refractivity contribution in [1.82, 2.24) is 10.2 Å². The summed E-state index contributed by atoms with van der Waals surface area (Å²) in [5, 5.41) is 4.04. The van der Waals surface area contributed by atoms with E-state index in [4.69, 9.17) is 21.1 Å². The molecule has 0 saturated carbocycles. The van der Waals surface area contributed by atoms with Crippen LogP contribution in [0.2, 0.25) is 5.02 Å². The van der Waals surface area contributed by atoms with Gasteiger partial charge in [0, 0.05) is 37.2 Å². The van der Waals surface area contributed by atoms with E-state index in [9.17, 15) is 4.79 Å². The largest absolute Gasteiger partial charge is 0.381 e. The molecule has 2 saturated heterocycles. The average molecular weight is 339 g/mol. The normalized spacial score (nSPS) is 24.8. The first-order valence-corrected chi connectivity index (χ1v) is 8.53. The maximum Gasteiger partial charge on any atom is 0.249 e. The number of rotatable bonds is 5. The van der Waals surface area contributed by atoms with Gasteiger partial charge in [-0.3, -0.25) is 4.79 Å². The van der Waals surface area contributed by atoms with Crippen LogP contribution in [0.5, 0.6) is 0 Å². The van der Waals surface area contributed by atoms with Crippen LogP contribution < -0.4 is 5.32 Å². The molecule has 1 N–H and O–H groups in total. The molecule has 1 aromatic rings. The van der Waals surface area contributed by atoms with Gasteiger partial charge in [0.2, 0.25) is 5.91 Å². The van der Waals surface area contributed by atoms with Gasteiger partial charge in [-0.25, -0.2) is 0 Å².